The normalized spacial score (nSPS) is 14.8. The van der Waals surface area contributed by atoms with E-state index < -0.39 is 15.5 Å². The van der Waals surface area contributed by atoms with Crippen LogP contribution in [0.1, 0.15) is 55.9 Å². The van der Waals surface area contributed by atoms with Gasteiger partial charge < -0.3 is 4.90 Å². The number of halogens is 3. The zero-order valence-electron chi connectivity index (χ0n) is 20.9. The number of allylic oxidation sites excluding steroid dienone is 2. The second kappa shape index (κ2) is 11.7. The third kappa shape index (κ3) is 7.57. The van der Waals surface area contributed by atoms with Crippen molar-refractivity contribution in [1.29, 1.82) is 0 Å². The van der Waals surface area contributed by atoms with Gasteiger partial charge in [-0.3, -0.25) is 9.52 Å². The summed E-state index contributed by atoms with van der Waals surface area (Å²) < 4.78 is 64.8. The summed E-state index contributed by atoms with van der Waals surface area (Å²) in [7, 11) is -5.69. The molecule has 37 heavy (non-hydrogen) atoms. The molecule has 0 radical (unpaired) electrons. The Morgan fingerprint density at radius 1 is 1.19 bits per heavy atom. The molecule has 0 spiro atoms. The van der Waals surface area contributed by atoms with Crippen molar-refractivity contribution in [2.24, 2.45) is 22.1 Å². The van der Waals surface area contributed by atoms with E-state index in [4.69, 9.17) is 0 Å². The molecule has 0 unspecified atom stereocenters. The van der Waals surface area contributed by atoms with Crippen molar-refractivity contribution in [3.8, 4) is 0 Å². The third-order valence-electron chi connectivity index (χ3n) is 5.29. The minimum absolute atomic E-state index is 0.00407. The van der Waals surface area contributed by atoms with E-state index in [9.17, 15) is 26.4 Å². The van der Waals surface area contributed by atoms with Gasteiger partial charge in [0.2, 0.25) is 5.78 Å². The molecule has 2 heterocycles. The monoisotopic (exact) mass is 558 g/mol. The van der Waals surface area contributed by atoms with Gasteiger partial charge in [-0.25, -0.2) is 0 Å². The summed E-state index contributed by atoms with van der Waals surface area (Å²) in [6.07, 6.45) is 5.35. The van der Waals surface area contributed by atoms with Crippen LogP contribution in [0.2, 0.25) is 0 Å². The Kier molecular flexibility index (Phi) is 9.05. The second-order valence-corrected chi connectivity index (χ2v) is 12.1. The second-order valence-electron chi connectivity index (χ2n) is 9.48. The first kappa shape index (κ1) is 28.7. The molecule has 0 fully saturated rings. The van der Waals surface area contributed by atoms with Gasteiger partial charge in [0.15, 0.2) is 5.01 Å². The lowest BCUT2D eigenvalue weighted by Gasteiger charge is -2.33. The predicted octanol–water partition coefficient (Wildman–Crippen LogP) is 6.41. The lowest BCUT2D eigenvalue weighted by Crippen LogP contribution is -2.33. The number of anilines is 2. The summed E-state index contributed by atoms with van der Waals surface area (Å²) in [5.41, 5.74) is -4.49. The van der Waals surface area contributed by atoms with E-state index in [0.29, 0.717) is 31.1 Å². The van der Waals surface area contributed by atoms with Gasteiger partial charge in [-0.05, 0) is 54.9 Å². The fourth-order valence-electron chi connectivity index (χ4n) is 3.66. The van der Waals surface area contributed by atoms with Crippen LogP contribution in [0.25, 0.3) is 0 Å². The minimum Gasteiger partial charge on any atom is -0.371 e. The number of alkyl halides is 3. The summed E-state index contributed by atoms with van der Waals surface area (Å²) in [6.45, 7) is 9.43. The van der Waals surface area contributed by atoms with Crippen molar-refractivity contribution in [1.82, 2.24) is 10.2 Å². The average molecular weight is 559 g/mol. The first-order valence-electron chi connectivity index (χ1n) is 11.7. The van der Waals surface area contributed by atoms with Crippen LogP contribution in [-0.2, 0) is 16.4 Å². The van der Waals surface area contributed by atoms with Crippen molar-refractivity contribution in [3.05, 3.63) is 34.9 Å². The number of fused-ring (bicyclic) bond motifs is 1. The third-order valence-corrected chi connectivity index (χ3v) is 7.21. The lowest BCUT2D eigenvalue weighted by molar-refractivity contribution is -0.0429. The molecule has 1 aliphatic heterocycles. The number of aryl methyl sites for hydroxylation is 1. The van der Waals surface area contributed by atoms with E-state index in [1.54, 1.807) is 10.8 Å². The van der Waals surface area contributed by atoms with Crippen molar-refractivity contribution < 1.29 is 26.4 Å². The Hall–Kier alpha value is -2.87. The van der Waals surface area contributed by atoms with Crippen LogP contribution in [0.5, 0.6) is 0 Å². The molecule has 14 heteroatoms. The number of carbonyl (C=O) groups is 1. The molecule has 0 amide bonds. The van der Waals surface area contributed by atoms with Crippen molar-refractivity contribution in [2.75, 3.05) is 22.7 Å². The molecule has 0 aliphatic carbocycles. The summed E-state index contributed by atoms with van der Waals surface area (Å²) in [5, 5.41) is 15.6. The van der Waals surface area contributed by atoms with Gasteiger partial charge in [0, 0.05) is 18.8 Å². The maximum Gasteiger partial charge on any atom is 0.516 e. The van der Waals surface area contributed by atoms with Gasteiger partial charge in [-0.2, -0.15) is 21.6 Å². The van der Waals surface area contributed by atoms with E-state index in [-0.39, 0.29) is 33.2 Å². The number of nitrogens with zero attached hydrogens (tertiary/aromatic N) is 5. The van der Waals surface area contributed by atoms with Crippen molar-refractivity contribution >= 4 is 49.3 Å². The van der Waals surface area contributed by atoms with Gasteiger partial charge in [0.05, 0.1) is 5.69 Å². The largest absolute Gasteiger partial charge is 0.516 e. The number of benzene rings is 1. The van der Waals surface area contributed by atoms with Gasteiger partial charge in [-0.1, -0.05) is 45.1 Å². The fourth-order valence-corrected chi connectivity index (χ4v) is 4.82. The summed E-state index contributed by atoms with van der Waals surface area (Å²) in [5.74, 6) is 0.327. The average Bonchev–Trinajstić information content (AvgIpc) is 3.25. The number of ketones is 1. The Labute approximate surface area is 217 Å². The van der Waals surface area contributed by atoms with Crippen LogP contribution < -0.4 is 9.62 Å². The highest BCUT2D eigenvalue weighted by atomic mass is 32.2. The highest BCUT2D eigenvalue weighted by molar-refractivity contribution is 7.93. The Morgan fingerprint density at radius 3 is 2.57 bits per heavy atom. The predicted molar refractivity (Wildman–Crippen MR) is 137 cm³/mol. The molecular weight excluding hydrogens is 529 g/mol. The number of rotatable bonds is 10. The van der Waals surface area contributed by atoms with Crippen LogP contribution in [0.3, 0.4) is 0 Å². The minimum atomic E-state index is -5.69. The molecule has 2 aromatic rings. The fraction of sp³-hybridized carbons (Fsp3) is 0.522. The zero-order valence-corrected chi connectivity index (χ0v) is 22.5. The number of carbonyl (C=O) groups excluding carboxylic acids is 1. The molecule has 1 aromatic carbocycles. The van der Waals surface area contributed by atoms with E-state index in [1.807, 2.05) is 32.6 Å². The Bertz CT molecular complexity index is 1290. The molecule has 202 valence electrons. The summed E-state index contributed by atoms with van der Waals surface area (Å²) in [4.78, 5) is 14.3. The number of hydrogen-bond acceptors (Lipinski definition) is 9. The van der Waals surface area contributed by atoms with Gasteiger partial charge >= 0.3 is 15.5 Å². The number of hydrogen-bond donors (Lipinski definition) is 1. The quantitative estimate of drug-likeness (QED) is 0.205. The Morgan fingerprint density at radius 2 is 1.92 bits per heavy atom. The lowest BCUT2D eigenvalue weighted by atomic mass is 9.99. The number of aromatic nitrogens is 2. The van der Waals surface area contributed by atoms with E-state index >= 15 is 0 Å². The molecule has 0 saturated carbocycles. The highest BCUT2D eigenvalue weighted by Gasteiger charge is 2.46. The van der Waals surface area contributed by atoms with Crippen LogP contribution in [-0.4, -0.2) is 43.0 Å². The van der Waals surface area contributed by atoms with Crippen LogP contribution in [0.4, 0.5) is 35.4 Å². The SMILES string of the molecule is CC(C)C/C=C\C(=O)c1nnc(N=Nc2cc3c(cc2NS(=O)(=O)C(F)(F)F)N(CC(C)C)CCC3)s1. The maximum absolute atomic E-state index is 13.1. The zero-order chi connectivity index (χ0) is 27.4. The maximum atomic E-state index is 13.1. The Balaban J connectivity index is 1.95. The molecule has 0 bridgehead atoms. The van der Waals surface area contributed by atoms with Gasteiger partial charge in [-0.15, -0.1) is 20.4 Å². The topological polar surface area (TPSA) is 117 Å². The number of azo groups is 1. The van der Waals surface area contributed by atoms with Crippen LogP contribution in [0, 0.1) is 11.8 Å². The molecule has 1 aromatic heterocycles. The molecule has 1 N–H and O–H groups in total. The van der Waals surface area contributed by atoms with Crippen LogP contribution >= 0.6 is 11.3 Å². The van der Waals surface area contributed by atoms with Crippen molar-refractivity contribution in [3.63, 3.8) is 0 Å². The van der Waals surface area contributed by atoms with Gasteiger partial charge in [0.1, 0.15) is 5.69 Å². The summed E-state index contributed by atoms with van der Waals surface area (Å²) in [6, 6.07) is 2.89. The van der Waals surface area contributed by atoms with Crippen molar-refractivity contribution in [2.45, 2.75) is 52.5 Å². The number of sulfonamides is 1. The highest BCUT2D eigenvalue weighted by Crippen LogP contribution is 2.40. The first-order chi connectivity index (χ1) is 17.3. The van der Waals surface area contributed by atoms with Gasteiger partial charge in [0.25, 0.3) is 5.13 Å². The van der Waals surface area contributed by atoms with Crippen LogP contribution in [0.15, 0.2) is 34.5 Å². The van der Waals surface area contributed by atoms with E-state index in [0.717, 1.165) is 29.7 Å². The molecule has 3 rings (SSSR count). The molecule has 0 atom stereocenters. The first-order valence-corrected chi connectivity index (χ1v) is 14.0. The standard InChI is InChI=1S/C23H29F3N6O3S2/c1-14(2)7-5-9-20(33)21-28-30-22(36-21)29-27-17-11-16-8-6-10-32(13-15(3)4)19(16)12-18(17)31-37(34,35)23(24,25)26/h5,9,11-12,14-15,31H,6-8,10,13H2,1-4H3/b9-5-,29-27?. The van der Waals surface area contributed by atoms with E-state index in [1.165, 1.54) is 18.2 Å². The smallest absolute Gasteiger partial charge is 0.371 e. The molecule has 9 nitrogen and oxygen atoms in total. The molecular formula is C23H29F3N6O3S2. The number of nitrogens with one attached hydrogen (secondary N) is 1. The molecule has 1 aliphatic rings. The van der Waals surface area contributed by atoms with E-state index in [2.05, 4.69) is 20.4 Å². The summed E-state index contributed by atoms with van der Waals surface area (Å²) >= 11 is 0.868. The molecule has 0 saturated heterocycles.